The zero-order chi connectivity index (χ0) is 22.0. The van der Waals surface area contributed by atoms with E-state index in [1.54, 1.807) is 6.07 Å². The van der Waals surface area contributed by atoms with Crippen molar-refractivity contribution >= 4 is 11.1 Å². The maximum atomic E-state index is 15.2. The molecule has 3 atom stereocenters. The van der Waals surface area contributed by atoms with E-state index >= 15 is 4.39 Å². The number of halogens is 1. The van der Waals surface area contributed by atoms with Crippen LogP contribution in [0.5, 0.6) is 5.75 Å². The predicted octanol–water partition coefficient (Wildman–Crippen LogP) is 7.13. The Bertz CT molecular complexity index is 978. The van der Waals surface area contributed by atoms with Crippen molar-refractivity contribution in [3.63, 3.8) is 0 Å². The Kier molecular flexibility index (Phi) is 6.34. The quantitative estimate of drug-likeness (QED) is 0.446. The Morgan fingerprint density at radius 3 is 2.65 bits per heavy atom. The van der Waals surface area contributed by atoms with Crippen LogP contribution in [-0.2, 0) is 0 Å². The molecule has 2 aromatic rings. The van der Waals surface area contributed by atoms with E-state index in [2.05, 4.69) is 25.6 Å². The Hall–Kier alpha value is -2.39. The minimum Gasteiger partial charge on any atom is -0.508 e. The van der Waals surface area contributed by atoms with Crippen LogP contribution >= 0.6 is 0 Å². The topological polar surface area (TPSA) is 40.5 Å². The summed E-state index contributed by atoms with van der Waals surface area (Å²) < 4.78 is 15.2. The molecule has 0 bridgehead atoms. The Morgan fingerprint density at radius 1 is 1.13 bits per heavy atom. The van der Waals surface area contributed by atoms with E-state index in [0.29, 0.717) is 12.0 Å². The van der Waals surface area contributed by atoms with Gasteiger partial charge in [-0.25, -0.2) is 4.39 Å². The molecule has 0 spiro atoms. The Balaban J connectivity index is 1.86. The van der Waals surface area contributed by atoms with Gasteiger partial charge in [0.1, 0.15) is 11.6 Å². The molecule has 2 aromatic carbocycles. The molecule has 2 aliphatic carbocycles. The van der Waals surface area contributed by atoms with Gasteiger partial charge in [0.2, 0.25) is 0 Å². The summed E-state index contributed by atoms with van der Waals surface area (Å²) in [7, 11) is 0. The van der Waals surface area contributed by atoms with E-state index in [1.165, 1.54) is 30.5 Å². The number of hydrogen-bond donors (Lipinski definition) is 2. The van der Waals surface area contributed by atoms with Gasteiger partial charge >= 0.3 is 0 Å². The van der Waals surface area contributed by atoms with Gasteiger partial charge in [-0.05, 0) is 67.0 Å². The molecule has 0 aliphatic heterocycles. The molecule has 3 heteroatoms. The maximum absolute atomic E-state index is 15.2. The van der Waals surface area contributed by atoms with Crippen molar-refractivity contribution in [3.05, 3.63) is 77.6 Å². The molecule has 0 radical (unpaired) electrons. The van der Waals surface area contributed by atoms with Crippen molar-refractivity contribution in [2.75, 3.05) is 0 Å². The number of aliphatic hydroxyl groups is 1. The van der Waals surface area contributed by atoms with Gasteiger partial charge in [-0.15, -0.1) is 0 Å². The van der Waals surface area contributed by atoms with E-state index in [-0.39, 0.29) is 17.5 Å². The number of fused-ring (bicyclic) bond motifs is 1. The van der Waals surface area contributed by atoms with E-state index in [4.69, 9.17) is 0 Å². The van der Waals surface area contributed by atoms with Crippen molar-refractivity contribution in [1.29, 1.82) is 0 Å². The number of benzene rings is 2. The fourth-order valence-corrected chi connectivity index (χ4v) is 5.94. The Morgan fingerprint density at radius 2 is 1.90 bits per heavy atom. The van der Waals surface area contributed by atoms with Gasteiger partial charge < -0.3 is 10.2 Å². The minimum atomic E-state index is -0.504. The largest absolute Gasteiger partial charge is 0.508 e. The third kappa shape index (κ3) is 3.85. The highest BCUT2D eigenvalue weighted by molar-refractivity contribution is 5.90. The van der Waals surface area contributed by atoms with Crippen molar-refractivity contribution in [2.45, 2.75) is 64.4 Å². The molecule has 164 valence electrons. The molecule has 2 nitrogen and oxygen atoms in total. The average molecular weight is 421 g/mol. The number of aliphatic hydroxyl groups excluding tert-OH is 1. The first kappa shape index (κ1) is 21.8. The number of rotatable bonds is 8. The third-order valence-electron chi connectivity index (χ3n) is 7.41. The van der Waals surface area contributed by atoms with Crippen LogP contribution in [0.3, 0.4) is 0 Å². The van der Waals surface area contributed by atoms with E-state index < -0.39 is 11.5 Å². The SMILES string of the molecule is C=C(c1ccccc1)[C@@]12CC[C@@H](O)[C@@H]1CC(CCCCCC)=C2c1cc(O)ccc1F. The standard InChI is InChI=1S/C28H33FO2/c1-3-4-5-7-12-21-17-24-26(31)15-16-28(24,19(2)20-10-8-6-9-11-20)27(21)23-18-22(30)13-14-25(23)29/h6,8-11,13-14,18,24,26,30-31H,2-5,7,12,15-17H2,1H3/t24-,26+,28-/m0/s1. The monoisotopic (exact) mass is 420 g/mol. The lowest BCUT2D eigenvalue weighted by Crippen LogP contribution is -2.29. The van der Waals surface area contributed by atoms with Gasteiger partial charge in [-0.2, -0.15) is 0 Å². The van der Waals surface area contributed by atoms with Gasteiger partial charge in [-0.1, -0.05) is 68.7 Å². The lowest BCUT2D eigenvalue weighted by Gasteiger charge is -2.37. The number of phenolic OH excluding ortho intramolecular Hbond substituents is 1. The molecule has 4 rings (SSSR count). The van der Waals surface area contributed by atoms with Gasteiger partial charge in [-0.3, -0.25) is 0 Å². The summed E-state index contributed by atoms with van der Waals surface area (Å²) in [5.74, 6) is -0.254. The van der Waals surface area contributed by atoms with Crippen LogP contribution in [0.2, 0.25) is 0 Å². The van der Waals surface area contributed by atoms with Crippen molar-refractivity contribution in [2.24, 2.45) is 11.3 Å². The summed E-state index contributed by atoms with van der Waals surface area (Å²) in [6, 6.07) is 14.4. The summed E-state index contributed by atoms with van der Waals surface area (Å²) in [5, 5.41) is 21.2. The minimum absolute atomic E-state index is 0.00173. The van der Waals surface area contributed by atoms with Crippen molar-refractivity contribution in [1.82, 2.24) is 0 Å². The van der Waals surface area contributed by atoms with Gasteiger partial charge in [0, 0.05) is 16.9 Å². The molecule has 0 unspecified atom stereocenters. The summed E-state index contributed by atoms with van der Waals surface area (Å²) in [5.41, 5.74) is 4.14. The highest BCUT2D eigenvalue weighted by Crippen LogP contribution is 2.66. The summed E-state index contributed by atoms with van der Waals surface area (Å²) in [6.45, 7) is 6.71. The predicted molar refractivity (Wildman–Crippen MR) is 125 cm³/mol. The summed E-state index contributed by atoms with van der Waals surface area (Å²) in [6.07, 6.45) is 7.24. The van der Waals surface area contributed by atoms with E-state index in [0.717, 1.165) is 48.8 Å². The second-order valence-corrected chi connectivity index (χ2v) is 9.19. The molecule has 0 heterocycles. The van der Waals surface area contributed by atoms with Crippen molar-refractivity contribution in [3.8, 4) is 5.75 Å². The Labute approximate surface area is 185 Å². The number of allylic oxidation sites excluding steroid dienone is 3. The fourth-order valence-electron chi connectivity index (χ4n) is 5.94. The molecule has 31 heavy (non-hydrogen) atoms. The van der Waals surface area contributed by atoms with Crippen LogP contribution in [0.4, 0.5) is 4.39 Å². The first-order chi connectivity index (χ1) is 15.0. The van der Waals surface area contributed by atoms with Crippen LogP contribution in [0.25, 0.3) is 11.1 Å². The highest BCUT2D eigenvalue weighted by atomic mass is 19.1. The van der Waals surface area contributed by atoms with Gasteiger partial charge in [0.25, 0.3) is 0 Å². The van der Waals surface area contributed by atoms with Crippen LogP contribution in [0, 0.1) is 17.2 Å². The molecule has 0 amide bonds. The molecule has 1 saturated carbocycles. The van der Waals surface area contributed by atoms with E-state index in [9.17, 15) is 10.2 Å². The van der Waals surface area contributed by atoms with Crippen LogP contribution < -0.4 is 0 Å². The molecule has 0 saturated heterocycles. The maximum Gasteiger partial charge on any atom is 0.131 e. The molecule has 2 aliphatic rings. The zero-order valence-corrected chi connectivity index (χ0v) is 18.4. The van der Waals surface area contributed by atoms with Gasteiger partial charge in [0.15, 0.2) is 0 Å². The van der Waals surface area contributed by atoms with Crippen LogP contribution in [0.1, 0.15) is 69.4 Å². The molecular formula is C28H33FO2. The van der Waals surface area contributed by atoms with E-state index in [1.807, 2.05) is 18.2 Å². The van der Waals surface area contributed by atoms with Gasteiger partial charge in [0.05, 0.1) is 6.10 Å². The second kappa shape index (κ2) is 9.00. The average Bonchev–Trinajstić information content (AvgIpc) is 3.28. The third-order valence-corrected chi connectivity index (χ3v) is 7.41. The lowest BCUT2D eigenvalue weighted by molar-refractivity contribution is 0.119. The first-order valence-corrected chi connectivity index (χ1v) is 11.6. The first-order valence-electron chi connectivity index (χ1n) is 11.6. The smallest absolute Gasteiger partial charge is 0.131 e. The normalized spacial score (nSPS) is 25.1. The van der Waals surface area contributed by atoms with Crippen molar-refractivity contribution < 1.29 is 14.6 Å². The zero-order valence-electron chi connectivity index (χ0n) is 18.4. The fraction of sp³-hybridized carbons (Fsp3) is 0.429. The molecule has 2 N–H and O–H groups in total. The molecule has 0 aromatic heterocycles. The number of unbranched alkanes of at least 4 members (excludes halogenated alkanes) is 3. The highest BCUT2D eigenvalue weighted by Gasteiger charge is 2.57. The van der Waals surface area contributed by atoms with Crippen LogP contribution in [0.15, 0.2) is 60.7 Å². The number of aromatic hydroxyl groups is 1. The molecular weight excluding hydrogens is 387 g/mol. The summed E-state index contributed by atoms with van der Waals surface area (Å²) >= 11 is 0. The van der Waals surface area contributed by atoms with Crippen LogP contribution in [-0.4, -0.2) is 16.3 Å². The number of phenols is 1. The number of hydrogen-bond acceptors (Lipinski definition) is 2. The summed E-state index contributed by atoms with van der Waals surface area (Å²) in [4.78, 5) is 0. The molecule has 1 fully saturated rings. The lowest BCUT2D eigenvalue weighted by atomic mass is 9.66. The second-order valence-electron chi connectivity index (χ2n) is 9.19.